The van der Waals surface area contributed by atoms with Gasteiger partial charge in [-0.25, -0.2) is 0 Å². The van der Waals surface area contributed by atoms with Crippen LogP contribution in [0.25, 0.3) is 0 Å². The van der Waals surface area contributed by atoms with Gasteiger partial charge in [0.15, 0.2) is 0 Å². The molecule has 2 rings (SSSR count). The summed E-state index contributed by atoms with van der Waals surface area (Å²) in [4.78, 5) is 2.30. The quantitative estimate of drug-likeness (QED) is 0.725. The molecule has 2 aliphatic rings. The fourth-order valence-corrected chi connectivity index (χ4v) is 2.18. The maximum absolute atomic E-state index is 5.79. The molecule has 2 unspecified atom stereocenters. The van der Waals surface area contributed by atoms with Gasteiger partial charge in [-0.15, -0.1) is 0 Å². The first-order valence-corrected chi connectivity index (χ1v) is 5.61. The van der Waals surface area contributed by atoms with Gasteiger partial charge < -0.3 is 19.7 Å². The summed E-state index contributed by atoms with van der Waals surface area (Å²) in [6, 6.07) is 0.204. The second kappa shape index (κ2) is 4.96. The summed E-state index contributed by atoms with van der Waals surface area (Å²) in [6.07, 6.45) is 3.40. The van der Waals surface area contributed by atoms with Gasteiger partial charge in [0.2, 0.25) is 0 Å². The Balaban J connectivity index is 1.98. The van der Waals surface area contributed by atoms with Crippen LogP contribution < -0.4 is 5.32 Å². The fourth-order valence-electron chi connectivity index (χ4n) is 2.18. The van der Waals surface area contributed by atoms with Gasteiger partial charge in [-0.3, -0.25) is 0 Å². The summed E-state index contributed by atoms with van der Waals surface area (Å²) in [7, 11) is 4.09. The number of hydrogen-bond acceptors (Lipinski definition) is 4. The molecular weight excluding hydrogens is 192 g/mol. The van der Waals surface area contributed by atoms with Crippen molar-refractivity contribution in [3.63, 3.8) is 0 Å². The molecule has 0 amide bonds. The molecule has 0 radical (unpaired) electrons. The molecule has 1 fully saturated rings. The normalized spacial score (nSPS) is 29.7. The molecule has 0 aromatic carbocycles. The van der Waals surface area contributed by atoms with E-state index in [2.05, 4.69) is 23.3 Å². The lowest BCUT2D eigenvalue weighted by Gasteiger charge is -2.35. The molecule has 2 aliphatic heterocycles. The first-order valence-electron chi connectivity index (χ1n) is 5.61. The van der Waals surface area contributed by atoms with Crippen LogP contribution in [0, 0.1) is 0 Å². The highest BCUT2D eigenvalue weighted by Crippen LogP contribution is 2.19. The van der Waals surface area contributed by atoms with Gasteiger partial charge in [-0.2, -0.15) is 0 Å². The molecule has 1 saturated heterocycles. The Kier molecular flexibility index (Phi) is 3.61. The van der Waals surface area contributed by atoms with Gasteiger partial charge in [0.25, 0.3) is 0 Å². The van der Waals surface area contributed by atoms with Gasteiger partial charge >= 0.3 is 0 Å². The maximum atomic E-state index is 5.79. The summed E-state index contributed by atoms with van der Waals surface area (Å²) in [5, 5.41) is 3.29. The third-order valence-electron chi connectivity index (χ3n) is 3.02. The zero-order valence-corrected chi connectivity index (χ0v) is 9.53. The van der Waals surface area contributed by atoms with Gasteiger partial charge in [0.05, 0.1) is 25.4 Å². The molecule has 0 aromatic heterocycles. The van der Waals surface area contributed by atoms with Gasteiger partial charge in [-0.1, -0.05) is 0 Å². The number of ether oxygens (including phenoxy) is 2. The van der Waals surface area contributed by atoms with Crippen LogP contribution in [0.2, 0.25) is 0 Å². The van der Waals surface area contributed by atoms with E-state index in [-0.39, 0.29) is 12.1 Å². The van der Waals surface area contributed by atoms with Gasteiger partial charge in [0, 0.05) is 19.5 Å². The monoisotopic (exact) mass is 212 g/mol. The molecule has 86 valence electrons. The molecule has 0 aromatic rings. The number of morpholine rings is 1. The third kappa shape index (κ3) is 2.51. The van der Waals surface area contributed by atoms with Crippen LogP contribution in [0.4, 0.5) is 0 Å². The zero-order chi connectivity index (χ0) is 10.7. The Morgan fingerprint density at radius 3 is 3.00 bits per heavy atom. The van der Waals surface area contributed by atoms with Crippen LogP contribution in [0.5, 0.6) is 0 Å². The number of nitrogens with one attached hydrogen (secondary N) is 1. The maximum Gasteiger partial charge on any atom is 0.112 e. The van der Waals surface area contributed by atoms with Crippen LogP contribution in [0.15, 0.2) is 11.8 Å². The van der Waals surface area contributed by atoms with Crippen molar-refractivity contribution in [2.24, 2.45) is 0 Å². The summed E-state index contributed by atoms with van der Waals surface area (Å²) in [5.41, 5.74) is 0. The lowest BCUT2D eigenvalue weighted by molar-refractivity contribution is -0.0388. The molecule has 4 heteroatoms. The predicted octanol–water partition coefficient (Wildman–Crippen LogP) is 0.209. The summed E-state index contributed by atoms with van der Waals surface area (Å²) in [5.74, 6) is 1.05. The highest BCUT2D eigenvalue weighted by Gasteiger charge is 2.30. The van der Waals surface area contributed by atoms with Crippen molar-refractivity contribution in [1.82, 2.24) is 10.2 Å². The Labute approximate surface area is 91.2 Å². The molecule has 1 N–H and O–H groups in total. The second-order valence-corrected chi connectivity index (χ2v) is 4.18. The van der Waals surface area contributed by atoms with E-state index in [1.165, 1.54) is 0 Å². The van der Waals surface area contributed by atoms with E-state index in [0.29, 0.717) is 0 Å². The number of rotatable bonds is 3. The fraction of sp³-hybridized carbons (Fsp3) is 0.818. The van der Waals surface area contributed by atoms with Crippen molar-refractivity contribution in [2.45, 2.75) is 18.6 Å². The lowest BCUT2D eigenvalue weighted by Crippen LogP contribution is -2.51. The van der Waals surface area contributed by atoms with Crippen LogP contribution in [0.3, 0.4) is 0 Å². The van der Waals surface area contributed by atoms with Crippen LogP contribution in [-0.4, -0.2) is 57.4 Å². The minimum Gasteiger partial charge on any atom is -0.496 e. The Morgan fingerprint density at radius 1 is 1.53 bits per heavy atom. The Morgan fingerprint density at radius 2 is 2.40 bits per heavy atom. The van der Waals surface area contributed by atoms with E-state index in [4.69, 9.17) is 9.47 Å². The SMILES string of the molecule is CNC(C1=CCCO1)C1CN(C)CCO1. The predicted molar refractivity (Wildman–Crippen MR) is 58.7 cm³/mol. The van der Waals surface area contributed by atoms with Crippen molar-refractivity contribution in [3.8, 4) is 0 Å². The summed E-state index contributed by atoms with van der Waals surface area (Å²) in [6.45, 7) is 3.61. The average molecular weight is 212 g/mol. The topological polar surface area (TPSA) is 33.7 Å². The first kappa shape index (κ1) is 10.9. The Bertz CT molecular complexity index is 243. The average Bonchev–Trinajstić information content (AvgIpc) is 2.72. The molecule has 0 spiro atoms. The highest BCUT2D eigenvalue weighted by atomic mass is 16.5. The largest absolute Gasteiger partial charge is 0.496 e. The second-order valence-electron chi connectivity index (χ2n) is 4.18. The van der Waals surface area contributed by atoms with Crippen molar-refractivity contribution >= 4 is 0 Å². The number of hydrogen-bond donors (Lipinski definition) is 1. The lowest BCUT2D eigenvalue weighted by atomic mass is 10.1. The number of nitrogens with zero attached hydrogens (tertiary/aromatic N) is 1. The molecule has 2 atom stereocenters. The van der Waals surface area contributed by atoms with Gasteiger partial charge in [-0.05, 0) is 20.2 Å². The molecule has 4 nitrogen and oxygen atoms in total. The van der Waals surface area contributed by atoms with Gasteiger partial charge in [0.1, 0.15) is 5.76 Å². The van der Waals surface area contributed by atoms with E-state index in [9.17, 15) is 0 Å². The molecule has 15 heavy (non-hydrogen) atoms. The third-order valence-corrected chi connectivity index (χ3v) is 3.02. The van der Waals surface area contributed by atoms with Crippen molar-refractivity contribution in [1.29, 1.82) is 0 Å². The first-order chi connectivity index (χ1) is 7.31. The van der Waals surface area contributed by atoms with E-state index in [0.717, 1.165) is 38.5 Å². The summed E-state index contributed by atoms with van der Waals surface area (Å²) < 4.78 is 11.4. The zero-order valence-electron chi connectivity index (χ0n) is 9.53. The molecule has 0 saturated carbocycles. The summed E-state index contributed by atoms with van der Waals surface area (Å²) >= 11 is 0. The molecule has 0 aliphatic carbocycles. The van der Waals surface area contributed by atoms with E-state index in [1.54, 1.807) is 0 Å². The smallest absolute Gasteiger partial charge is 0.112 e. The van der Waals surface area contributed by atoms with Crippen molar-refractivity contribution in [3.05, 3.63) is 11.8 Å². The van der Waals surface area contributed by atoms with E-state index >= 15 is 0 Å². The van der Waals surface area contributed by atoms with Crippen LogP contribution in [-0.2, 0) is 9.47 Å². The molecule has 0 bridgehead atoms. The van der Waals surface area contributed by atoms with Crippen LogP contribution in [0.1, 0.15) is 6.42 Å². The molecule has 2 heterocycles. The highest BCUT2D eigenvalue weighted by molar-refractivity contribution is 5.10. The number of likely N-dealkylation sites (N-methyl/N-ethyl adjacent to an activating group) is 2. The van der Waals surface area contributed by atoms with Crippen LogP contribution >= 0.6 is 0 Å². The minimum atomic E-state index is 0.204. The minimum absolute atomic E-state index is 0.204. The van der Waals surface area contributed by atoms with Crippen molar-refractivity contribution in [2.75, 3.05) is 40.4 Å². The Hall–Kier alpha value is -0.580. The van der Waals surface area contributed by atoms with Crippen molar-refractivity contribution < 1.29 is 9.47 Å². The van der Waals surface area contributed by atoms with E-state index in [1.807, 2.05) is 7.05 Å². The standard InChI is InChI=1S/C11H20N2O2/c1-12-11(9-4-3-6-14-9)10-8-13(2)5-7-15-10/h4,10-12H,3,5-8H2,1-2H3. The van der Waals surface area contributed by atoms with E-state index < -0.39 is 0 Å². The molecular formula is C11H20N2O2.